The van der Waals surface area contributed by atoms with E-state index >= 15 is 0 Å². The molecule has 0 bridgehead atoms. The zero-order chi connectivity index (χ0) is 4.71. The standard InChI is InChI=1S/CH4O.HNO2.Na.H/c1-2;2-1-3;;/h2H,1H3;(H,2,3);;. The Balaban J connectivity index is -0.0000000275. The fourth-order valence-corrected chi connectivity index (χ4v) is 0. The van der Waals surface area contributed by atoms with Gasteiger partial charge in [0, 0.05) is 7.11 Å². The van der Waals surface area contributed by atoms with Crippen molar-refractivity contribution in [3.05, 3.63) is 4.91 Å². The van der Waals surface area contributed by atoms with Gasteiger partial charge in [0.1, 0.15) is 0 Å². The second kappa shape index (κ2) is 55.1. The van der Waals surface area contributed by atoms with E-state index in [9.17, 15) is 0 Å². The molecule has 0 radical (unpaired) electrons. The summed E-state index contributed by atoms with van der Waals surface area (Å²) < 4.78 is 0. The van der Waals surface area contributed by atoms with E-state index in [4.69, 9.17) is 15.2 Å². The van der Waals surface area contributed by atoms with Gasteiger partial charge in [-0.1, -0.05) is 0 Å². The van der Waals surface area contributed by atoms with Crippen molar-refractivity contribution in [2.45, 2.75) is 0 Å². The molecule has 0 aromatic rings. The van der Waals surface area contributed by atoms with Crippen LogP contribution in [0, 0.1) is 4.91 Å². The van der Waals surface area contributed by atoms with Gasteiger partial charge in [0.05, 0.1) is 0 Å². The van der Waals surface area contributed by atoms with Crippen LogP contribution in [0.25, 0.3) is 0 Å². The summed E-state index contributed by atoms with van der Waals surface area (Å²) >= 11 is 0. The van der Waals surface area contributed by atoms with Crippen molar-refractivity contribution in [3.63, 3.8) is 0 Å². The Morgan fingerprint density at radius 1 is 1.50 bits per heavy atom. The van der Waals surface area contributed by atoms with Crippen LogP contribution < -0.4 is 0 Å². The first kappa shape index (κ1) is 16.2. The van der Waals surface area contributed by atoms with Gasteiger partial charge in [-0.2, -0.15) is 0 Å². The molecule has 0 aromatic carbocycles. The van der Waals surface area contributed by atoms with Crippen LogP contribution in [-0.4, -0.2) is 47.0 Å². The molecule has 4 nitrogen and oxygen atoms in total. The Morgan fingerprint density at radius 3 is 1.50 bits per heavy atom. The summed E-state index contributed by atoms with van der Waals surface area (Å²) in [7, 11) is 1.00. The number of hydrogen-bond acceptors (Lipinski definition) is 3. The molecule has 0 fully saturated rings. The fourth-order valence-electron chi connectivity index (χ4n) is 0. The first-order chi connectivity index (χ1) is 2.41. The number of aliphatic hydroxyl groups is 1. The van der Waals surface area contributed by atoms with Crippen molar-refractivity contribution in [1.82, 2.24) is 0 Å². The molecule has 6 heavy (non-hydrogen) atoms. The Morgan fingerprint density at radius 2 is 1.50 bits per heavy atom. The zero-order valence-corrected chi connectivity index (χ0v) is 2.75. The van der Waals surface area contributed by atoms with Crippen molar-refractivity contribution >= 4 is 29.6 Å². The van der Waals surface area contributed by atoms with Gasteiger partial charge in [-0.05, 0) is 0 Å². The van der Waals surface area contributed by atoms with Crippen LogP contribution in [0.4, 0.5) is 0 Å². The van der Waals surface area contributed by atoms with Gasteiger partial charge >= 0.3 is 29.6 Å². The van der Waals surface area contributed by atoms with E-state index in [2.05, 4.69) is 0 Å². The number of aliphatic hydroxyl groups excluding tert-OH is 1. The quantitative estimate of drug-likeness (QED) is 0.237. The minimum atomic E-state index is 0. The second-order valence-electron chi connectivity index (χ2n) is 0.0816. The average Bonchev–Trinajstić information content (AvgIpc) is 1.46. The molecule has 0 heterocycles. The van der Waals surface area contributed by atoms with Crippen LogP contribution in [0.5, 0.6) is 0 Å². The third kappa shape index (κ3) is 380. The third-order valence-corrected chi connectivity index (χ3v) is 0. The summed E-state index contributed by atoms with van der Waals surface area (Å²) in [6.45, 7) is 0. The average molecular weight is 103 g/mol. The van der Waals surface area contributed by atoms with Crippen LogP contribution in [0.2, 0.25) is 0 Å². The van der Waals surface area contributed by atoms with Crippen molar-refractivity contribution in [2.75, 3.05) is 7.11 Å². The molecule has 0 amide bonds. The maximum atomic E-state index is 8.11. The molecule has 0 aliphatic rings. The van der Waals surface area contributed by atoms with E-state index in [1.807, 2.05) is 0 Å². The molecule has 0 aromatic heterocycles. The van der Waals surface area contributed by atoms with Crippen LogP contribution in [0.15, 0.2) is 5.34 Å². The van der Waals surface area contributed by atoms with Crippen molar-refractivity contribution in [2.24, 2.45) is 5.34 Å². The van der Waals surface area contributed by atoms with Crippen molar-refractivity contribution < 1.29 is 10.3 Å². The Labute approximate surface area is 57.4 Å². The Hall–Kier alpha value is 0.360. The van der Waals surface area contributed by atoms with E-state index in [0.29, 0.717) is 0 Å². The van der Waals surface area contributed by atoms with E-state index in [1.165, 1.54) is 5.34 Å². The first-order valence-electron chi connectivity index (χ1n) is 0.830. The molecule has 34 valence electrons. The van der Waals surface area contributed by atoms with Crippen LogP contribution in [-0.2, 0) is 0 Å². The third-order valence-electron chi connectivity index (χ3n) is 0. The predicted molar refractivity (Wildman–Crippen MR) is 22.9 cm³/mol. The molecule has 0 aliphatic heterocycles. The summed E-state index contributed by atoms with van der Waals surface area (Å²) in [4.78, 5) is 8.11. The number of rotatable bonds is 0. The van der Waals surface area contributed by atoms with Gasteiger partial charge in [-0.25, -0.2) is 0 Å². The zero-order valence-electron chi connectivity index (χ0n) is 2.75. The van der Waals surface area contributed by atoms with E-state index in [-0.39, 0.29) is 29.6 Å². The van der Waals surface area contributed by atoms with Gasteiger partial charge in [0.25, 0.3) is 0 Å². The van der Waals surface area contributed by atoms with Crippen LogP contribution >= 0.6 is 0 Å². The SMILES string of the molecule is CO.O=NO.[NaH]. The summed E-state index contributed by atoms with van der Waals surface area (Å²) in [5.41, 5.74) is 0. The summed E-state index contributed by atoms with van der Waals surface area (Å²) in [6.07, 6.45) is 0. The molecule has 0 aliphatic carbocycles. The summed E-state index contributed by atoms with van der Waals surface area (Å²) in [5.74, 6) is 0. The van der Waals surface area contributed by atoms with Crippen LogP contribution in [0.3, 0.4) is 0 Å². The molecular formula is CH6NNaO3. The Bertz CT molecular complexity index is 18.3. The van der Waals surface area contributed by atoms with Gasteiger partial charge in [0.15, 0.2) is 5.34 Å². The molecule has 0 saturated heterocycles. The molecule has 0 rings (SSSR count). The molecule has 2 N–H and O–H groups in total. The summed E-state index contributed by atoms with van der Waals surface area (Å²) in [6, 6.07) is 0. The minimum absolute atomic E-state index is 0. The number of nitrogens with zero attached hydrogens (tertiary/aromatic N) is 1. The normalized spacial score (nSPS) is 3.00. The fraction of sp³-hybridized carbons (Fsp3) is 1.00. The maximum absolute atomic E-state index is 8.11. The molecule has 0 unspecified atom stereocenters. The molecular weight excluding hydrogens is 97.0 g/mol. The molecule has 0 saturated carbocycles. The van der Waals surface area contributed by atoms with Crippen molar-refractivity contribution in [3.8, 4) is 0 Å². The topological polar surface area (TPSA) is 69.9 Å². The van der Waals surface area contributed by atoms with E-state index < -0.39 is 0 Å². The van der Waals surface area contributed by atoms with Gasteiger partial charge in [0.2, 0.25) is 0 Å². The van der Waals surface area contributed by atoms with Gasteiger partial charge in [-0.3, -0.25) is 0 Å². The van der Waals surface area contributed by atoms with Crippen molar-refractivity contribution in [1.29, 1.82) is 0 Å². The van der Waals surface area contributed by atoms with Gasteiger partial charge in [-0.15, -0.1) is 4.91 Å². The summed E-state index contributed by atoms with van der Waals surface area (Å²) in [5, 5.41) is 14.9. The second-order valence-corrected chi connectivity index (χ2v) is 0.0816. The van der Waals surface area contributed by atoms with Crippen LogP contribution in [0.1, 0.15) is 0 Å². The monoisotopic (exact) mass is 103 g/mol. The predicted octanol–water partition coefficient (Wildman–Crippen LogP) is -0.898. The molecule has 0 spiro atoms. The number of hydrogen-bond donors (Lipinski definition) is 2. The Kier molecular flexibility index (Phi) is 149. The van der Waals surface area contributed by atoms with E-state index in [0.717, 1.165) is 7.11 Å². The first-order valence-corrected chi connectivity index (χ1v) is 0.830. The molecule has 0 atom stereocenters. The van der Waals surface area contributed by atoms with Gasteiger partial charge < -0.3 is 10.3 Å². The molecule has 5 heteroatoms. The van der Waals surface area contributed by atoms with E-state index in [1.54, 1.807) is 0 Å².